The molecular weight excluding hydrogens is 318 g/mol. The Morgan fingerprint density at radius 3 is 2.50 bits per heavy atom. The first-order chi connectivity index (χ1) is 11.4. The molecule has 1 heterocycles. The van der Waals surface area contributed by atoms with E-state index in [0.29, 0.717) is 5.56 Å². The molecule has 9 nitrogen and oxygen atoms in total. The lowest BCUT2D eigenvalue weighted by Crippen LogP contribution is -2.13. The lowest BCUT2D eigenvalue weighted by molar-refractivity contribution is -0.385. The monoisotopic (exact) mass is 331 g/mol. The van der Waals surface area contributed by atoms with Gasteiger partial charge in [-0.1, -0.05) is 0 Å². The van der Waals surface area contributed by atoms with E-state index < -0.39 is 16.8 Å². The van der Waals surface area contributed by atoms with E-state index in [1.165, 1.54) is 24.3 Å². The van der Waals surface area contributed by atoms with Crippen molar-refractivity contribution in [3.05, 3.63) is 57.8 Å². The summed E-state index contributed by atoms with van der Waals surface area (Å²) in [7, 11) is 0. The number of benzene rings is 1. The highest BCUT2D eigenvalue weighted by atomic mass is 16.6. The van der Waals surface area contributed by atoms with Gasteiger partial charge in [0.25, 0.3) is 11.6 Å². The van der Waals surface area contributed by atoms with Crippen molar-refractivity contribution in [3.8, 4) is 11.6 Å². The zero-order valence-corrected chi connectivity index (χ0v) is 12.6. The van der Waals surface area contributed by atoms with E-state index in [1.807, 2.05) is 0 Å². The second-order valence-electron chi connectivity index (χ2n) is 4.51. The predicted molar refractivity (Wildman–Crippen MR) is 81.9 cm³/mol. The van der Waals surface area contributed by atoms with E-state index >= 15 is 0 Å². The van der Waals surface area contributed by atoms with E-state index in [-0.39, 0.29) is 29.5 Å². The van der Waals surface area contributed by atoms with Crippen molar-refractivity contribution in [2.75, 3.05) is 6.61 Å². The number of ether oxygens (including phenoxy) is 2. The van der Waals surface area contributed by atoms with Gasteiger partial charge in [0.1, 0.15) is 17.5 Å². The summed E-state index contributed by atoms with van der Waals surface area (Å²) in [6.45, 7) is 1.95. The molecule has 1 aromatic heterocycles. The smallest absolute Gasteiger partial charge is 0.338 e. The van der Waals surface area contributed by atoms with Crippen LogP contribution in [0, 0.1) is 10.1 Å². The summed E-state index contributed by atoms with van der Waals surface area (Å²) in [5, 5.41) is 10.7. The zero-order chi connectivity index (χ0) is 17.7. The number of nitro groups is 1. The average molecular weight is 331 g/mol. The van der Waals surface area contributed by atoms with E-state index in [9.17, 15) is 19.7 Å². The average Bonchev–Trinajstić information content (AvgIpc) is 2.55. The van der Waals surface area contributed by atoms with E-state index in [1.54, 1.807) is 6.92 Å². The zero-order valence-electron chi connectivity index (χ0n) is 12.6. The molecule has 24 heavy (non-hydrogen) atoms. The third-order valence-electron chi connectivity index (χ3n) is 2.89. The standard InChI is InChI=1S/C15H13N3O6/c1-2-23-15(20)9-3-5-11(6-4-9)24-14-12(13(16)19)7-10(8-17-14)18(21)22/h3-8H,2H2,1H3,(H2,16,19). The lowest BCUT2D eigenvalue weighted by Gasteiger charge is -2.08. The van der Waals surface area contributed by atoms with E-state index in [2.05, 4.69) is 4.98 Å². The number of aromatic nitrogens is 1. The second kappa shape index (κ2) is 7.18. The van der Waals surface area contributed by atoms with Crippen LogP contribution >= 0.6 is 0 Å². The molecule has 0 saturated heterocycles. The Morgan fingerprint density at radius 1 is 1.29 bits per heavy atom. The van der Waals surface area contributed by atoms with Crippen LogP contribution in [-0.2, 0) is 4.74 Å². The number of primary amides is 1. The highest BCUT2D eigenvalue weighted by Gasteiger charge is 2.18. The first-order valence-corrected chi connectivity index (χ1v) is 6.81. The molecule has 2 aromatic rings. The third kappa shape index (κ3) is 3.83. The Labute approximate surface area is 136 Å². The number of carbonyl (C=O) groups excluding carboxylic acids is 2. The molecule has 0 bridgehead atoms. The van der Waals surface area contributed by atoms with Gasteiger partial charge in [0.2, 0.25) is 5.88 Å². The molecule has 1 aromatic carbocycles. The van der Waals surface area contributed by atoms with Gasteiger partial charge in [0.15, 0.2) is 0 Å². The second-order valence-corrected chi connectivity index (χ2v) is 4.51. The minimum absolute atomic E-state index is 0.169. The van der Waals surface area contributed by atoms with Crippen molar-refractivity contribution in [3.63, 3.8) is 0 Å². The van der Waals surface area contributed by atoms with Gasteiger partial charge in [-0.15, -0.1) is 0 Å². The van der Waals surface area contributed by atoms with Gasteiger partial charge < -0.3 is 15.2 Å². The molecule has 0 aliphatic rings. The first-order valence-electron chi connectivity index (χ1n) is 6.81. The number of hydrogen-bond donors (Lipinski definition) is 1. The molecule has 2 N–H and O–H groups in total. The van der Waals surface area contributed by atoms with Crippen molar-refractivity contribution in [2.24, 2.45) is 5.73 Å². The van der Waals surface area contributed by atoms with E-state index in [4.69, 9.17) is 15.2 Å². The van der Waals surface area contributed by atoms with Gasteiger partial charge >= 0.3 is 5.97 Å². The molecule has 0 aliphatic heterocycles. The SMILES string of the molecule is CCOC(=O)c1ccc(Oc2ncc([N+](=O)[O-])cc2C(N)=O)cc1. The number of rotatable bonds is 6. The molecule has 0 aliphatic carbocycles. The van der Waals surface area contributed by atoms with Crippen LogP contribution in [0.1, 0.15) is 27.6 Å². The highest BCUT2D eigenvalue weighted by molar-refractivity contribution is 5.95. The molecular formula is C15H13N3O6. The topological polar surface area (TPSA) is 135 Å². The van der Waals surface area contributed by atoms with Gasteiger partial charge in [-0.2, -0.15) is 0 Å². The van der Waals surface area contributed by atoms with Crippen LogP contribution in [0.4, 0.5) is 5.69 Å². The Balaban J connectivity index is 2.26. The van der Waals surface area contributed by atoms with Crippen LogP contribution in [0.3, 0.4) is 0 Å². The Bertz CT molecular complexity index is 788. The molecule has 9 heteroatoms. The molecule has 0 radical (unpaired) electrons. The van der Waals surface area contributed by atoms with Gasteiger partial charge in [-0.25, -0.2) is 9.78 Å². The molecule has 2 rings (SSSR count). The molecule has 0 atom stereocenters. The summed E-state index contributed by atoms with van der Waals surface area (Å²) in [5.41, 5.74) is 4.92. The summed E-state index contributed by atoms with van der Waals surface area (Å²) < 4.78 is 10.3. The van der Waals surface area contributed by atoms with Crippen molar-refractivity contribution >= 4 is 17.6 Å². The lowest BCUT2D eigenvalue weighted by atomic mass is 10.2. The minimum atomic E-state index is -0.913. The van der Waals surface area contributed by atoms with Crippen molar-refractivity contribution in [1.82, 2.24) is 4.98 Å². The quantitative estimate of drug-likeness (QED) is 0.486. The number of carbonyl (C=O) groups is 2. The number of esters is 1. The predicted octanol–water partition coefficient (Wildman–Crippen LogP) is 2.06. The molecule has 0 spiro atoms. The van der Waals surface area contributed by atoms with Crippen LogP contribution < -0.4 is 10.5 Å². The van der Waals surface area contributed by atoms with Crippen LogP contribution in [0.25, 0.3) is 0 Å². The molecule has 0 fully saturated rings. The number of nitrogens with zero attached hydrogens (tertiary/aromatic N) is 2. The number of hydrogen-bond acceptors (Lipinski definition) is 7. The largest absolute Gasteiger partial charge is 0.462 e. The van der Waals surface area contributed by atoms with Crippen molar-refractivity contribution < 1.29 is 24.0 Å². The summed E-state index contributed by atoms with van der Waals surface area (Å²) in [6, 6.07) is 6.88. The maximum absolute atomic E-state index is 11.6. The minimum Gasteiger partial charge on any atom is -0.462 e. The Kier molecular flexibility index (Phi) is 5.05. The Morgan fingerprint density at radius 2 is 1.96 bits per heavy atom. The normalized spacial score (nSPS) is 10.0. The summed E-state index contributed by atoms with van der Waals surface area (Å²) >= 11 is 0. The molecule has 0 saturated carbocycles. The summed E-state index contributed by atoms with van der Waals surface area (Å²) in [6.07, 6.45) is 0.953. The number of pyridine rings is 1. The van der Waals surface area contributed by atoms with E-state index in [0.717, 1.165) is 12.3 Å². The highest BCUT2D eigenvalue weighted by Crippen LogP contribution is 2.26. The first kappa shape index (κ1) is 16.9. The van der Waals surface area contributed by atoms with Crippen LogP contribution in [0.15, 0.2) is 36.5 Å². The fraction of sp³-hybridized carbons (Fsp3) is 0.133. The number of nitrogens with two attached hydrogens (primary N) is 1. The number of amides is 1. The third-order valence-corrected chi connectivity index (χ3v) is 2.89. The summed E-state index contributed by atoms with van der Waals surface area (Å²) in [4.78, 5) is 36.8. The van der Waals surface area contributed by atoms with Gasteiger partial charge in [-0.3, -0.25) is 14.9 Å². The fourth-order valence-electron chi connectivity index (χ4n) is 1.78. The summed E-state index contributed by atoms with van der Waals surface area (Å²) in [5.74, 6) is -1.29. The van der Waals surface area contributed by atoms with Crippen LogP contribution in [0.2, 0.25) is 0 Å². The van der Waals surface area contributed by atoms with Crippen LogP contribution in [-0.4, -0.2) is 28.4 Å². The van der Waals surface area contributed by atoms with Gasteiger partial charge in [0.05, 0.1) is 17.1 Å². The Hall–Kier alpha value is -3.49. The van der Waals surface area contributed by atoms with Gasteiger partial charge in [0, 0.05) is 6.07 Å². The van der Waals surface area contributed by atoms with Crippen molar-refractivity contribution in [2.45, 2.75) is 6.92 Å². The maximum atomic E-state index is 11.6. The molecule has 0 unspecified atom stereocenters. The van der Waals surface area contributed by atoms with Crippen LogP contribution in [0.5, 0.6) is 11.6 Å². The fourth-order valence-corrected chi connectivity index (χ4v) is 1.78. The molecule has 124 valence electrons. The van der Waals surface area contributed by atoms with Gasteiger partial charge in [-0.05, 0) is 31.2 Å². The maximum Gasteiger partial charge on any atom is 0.338 e. The molecule has 1 amide bonds. The van der Waals surface area contributed by atoms with Crippen molar-refractivity contribution in [1.29, 1.82) is 0 Å².